The largest absolute Gasteiger partial charge is 1.00 e. The van der Waals surface area contributed by atoms with Crippen molar-refractivity contribution in [1.29, 1.82) is 0 Å². The Balaban J connectivity index is 0.00000432. The van der Waals surface area contributed by atoms with Gasteiger partial charge in [-0.3, -0.25) is 4.98 Å². The maximum atomic E-state index is 13.4. The standard InChI is InChI=1S/C25H23F3N2O4.Na/c1-2-30(24(33)34-16-17-6-4-3-5-7-17)15-20-12-21(25(26,27)28)8-9-22(20)19-10-18(11-23(31)32)13-29-14-19;/h3-10,12-14H,2,11,15-16H2,1H3,(H,31,32);/q;+1/p-1. The molecule has 0 spiro atoms. The van der Waals surface area contributed by atoms with Crippen molar-refractivity contribution in [3.05, 3.63) is 89.2 Å². The Kier molecular flexibility index (Phi) is 10.3. The molecule has 1 amide bonds. The summed E-state index contributed by atoms with van der Waals surface area (Å²) in [4.78, 5) is 28.9. The van der Waals surface area contributed by atoms with Gasteiger partial charge in [-0.25, -0.2) is 4.79 Å². The number of carbonyl (C=O) groups excluding carboxylic acids is 2. The van der Waals surface area contributed by atoms with E-state index < -0.39 is 23.8 Å². The zero-order valence-corrected chi connectivity index (χ0v) is 21.3. The molecule has 35 heavy (non-hydrogen) atoms. The minimum atomic E-state index is -4.58. The van der Waals surface area contributed by atoms with E-state index in [1.807, 2.05) is 6.07 Å². The first-order valence-electron chi connectivity index (χ1n) is 10.5. The number of hydrogen-bond donors (Lipinski definition) is 0. The van der Waals surface area contributed by atoms with Crippen LogP contribution in [0.1, 0.15) is 29.2 Å². The quantitative estimate of drug-likeness (QED) is 0.440. The molecule has 0 saturated carbocycles. The first-order valence-corrected chi connectivity index (χ1v) is 10.5. The molecule has 0 N–H and O–H groups in total. The number of hydrogen-bond acceptors (Lipinski definition) is 5. The number of aliphatic carboxylic acids is 1. The van der Waals surface area contributed by atoms with E-state index in [0.29, 0.717) is 16.7 Å². The molecule has 1 aromatic heterocycles. The summed E-state index contributed by atoms with van der Waals surface area (Å²) in [5, 5.41) is 10.9. The minimum absolute atomic E-state index is 0. The van der Waals surface area contributed by atoms with Gasteiger partial charge >= 0.3 is 41.8 Å². The maximum Gasteiger partial charge on any atom is 1.00 e. The summed E-state index contributed by atoms with van der Waals surface area (Å²) in [6.45, 7) is 1.78. The number of alkyl halides is 3. The maximum absolute atomic E-state index is 13.4. The van der Waals surface area contributed by atoms with Crippen molar-refractivity contribution >= 4 is 12.1 Å². The third-order valence-electron chi connectivity index (χ3n) is 5.09. The van der Waals surface area contributed by atoms with E-state index in [1.54, 1.807) is 31.2 Å². The third-order valence-corrected chi connectivity index (χ3v) is 5.09. The Morgan fingerprint density at radius 1 is 1.03 bits per heavy atom. The van der Waals surface area contributed by atoms with Crippen LogP contribution in [0.3, 0.4) is 0 Å². The summed E-state index contributed by atoms with van der Waals surface area (Å²) < 4.78 is 45.6. The number of carbonyl (C=O) groups is 2. The number of ether oxygens (including phenoxy) is 1. The van der Waals surface area contributed by atoms with Crippen LogP contribution in [0.15, 0.2) is 67.0 Å². The topological polar surface area (TPSA) is 82.6 Å². The van der Waals surface area contributed by atoms with E-state index in [0.717, 1.165) is 17.7 Å². The normalized spacial score (nSPS) is 10.9. The van der Waals surface area contributed by atoms with Crippen LogP contribution < -0.4 is 34.7 Å². The number of pyridine rings is 1. The molecule has 178 valence electrons. The van der Waals surface area contributed by atoms with Crippen LogP contribution in [0.25, 0.3) is 11.1 Å². The van der Waals surface area contributed by atoms with Crippen LogP contribution in [0.5, 0.6) is 0 Å². The van der Waals surface area contributed by atoms with Gasteiger partial charge < -0.3 is 19.5 Å². The Labute approximate surface area is 223 Å². The fourth-order valence-electron chi connectivity index (χ4n) is 3.40. The number of nitrogens with zero attached hydrogens (tertiary/aromatic N) is 2. The summed E-state index contributed by atoms with van der Waals surface area (Å²) in [6, 6.07) is 13.8. The van der Waals surface area contributed by atoms with Gasteiger partial charge in [0.15, 0.2) is 0 Å². The molecule has 10 heteroatoms. The van der Waals surface area contributed by atoms with E-state index >= 15 is 0 Å². The molecule has 6 nitrogen and oxygen atoms in total. The summed E-state index contributed by atoms with van der Waals surface area (Å²) in [7, 11) is 0. The van der Waals surface area contributed by atoms with Gasteiger partial charge in [0.05, 0.1) is 5.56 Å². The molecule has 3 rings (SSSR count). The van der Waals surface area contributed by atoms with E-state index in [2.05, 4.69) is 4.98 Å². The van der Waals surface area contributed by atoms with Gasteiger partial charge in [-0.15, -0.1) is 0 Å². The summed E-state index contributed by atoms with van der Waals surface area (Å²) in [5.41, 5.74) is 1.31. The predicted octanol–water partition coefficient (Wildman–Crippen LogP) is 1.22. The van der Waals surface area contributed by atoms with Crippen LogP contribution in [-0.4, -0.2) is 28.5 Å². The van der Waals surface area contributed by atoms with Crippen molar-refractivity contribution in [1.82, 2.24) is 9.88 Å². The molecule has 0 fully saturated rings. The number of benzene rings is 2. The molecule has 0 atom stereocenters. The van der Waals surface area contributed by atoms with E-state index in [-0.39, 0.29) is 61.2 Å². The fourth-order valence-corrected chi connectivity index (χ4v) is 3.40. The second-order valence-corrected chi connectivity index (χ2v) is 7.55. The second-order valence-electron chi connectivity index (χ2n) is 7.55. The van der Waals surface area contributed by atoms with Crippen LogP contribution in [-0.2, 0) is 35.3 Å². The van der Waals surface area contributed by atoms with Crippen molar-refractivity contribution < 1.29 is 62.2 Å². The monoisotopic (exact) mass is 494 g/mol. The smallest absolute Gasteiger partial charge is 0.550 e. The van der Waals surface area contributed by atoms with Gasteiger partial charge in [0.1, 0.15) is 6.61 Å². The fraction of sp³-hybridized carbons (Fsp3) is 0.240. The minimum Gasteiger partial charge on any atom is -0.550 e. The molecule has 0 aliphatic rings. The molecular formula is C25H22F3N2NaO4. The Bertz CT molecular complexity index is 1160. The predicted molar refractivity (Wildman–Crippen MR) is 116 cm³/mol. The van der Waals surface area contributed by atoms with Gasteiger partial charge in [-0.2, -0.15) is 13.2 Å². The number of rotatable bonds is 8. The van der Waals surface area contributed by atoms with Crippen LogP contribution >= 0.6 is 0 Å². The molecule has 0 bridgehead atoms. The van der Waals surface area contributed by atoms with E-state index in [4.69, 9.17) is 4.74 Å². The average molecular weight is 494 g/mol. The second kappa shape index (κ2) is 12.7. The number of aromatic nitrogens is 1. The van der Waals surface area contributed by atoms with Crippen LogP contribution in [0.2, 0.25) is 0 Å². The molecule has 0 radical (unpaired) electrons. The molecule has 0 aliphatic heterocycles. The summed E-state index contributed by atoms with van der Waals surface area (Å²) in [5.74, 6) is -1.30. The summed E-state index contributed by atoms with van der Waals surface area (Å²) in [6.07, 6.45) is -2.85. The first kappa shape index (κ1) is 28.4. The van der Waals surface area contributed by atoms with Crippen molar-refractivity contribution in [2.75, 3.05) is 6.54 Å². The third kappa shape index (κ3) is 8.09. The van der Waals surface area contributed by atoms with Crippen molar-refractivity contribution in [2.45, 2.75) is 32.7 Å². The average Bonchev–Trinajstić information content (AvgIpc) is 2.80. The first-order chi connectivity index (χ1) is 16.2. The van der Waals surface area contributed by atoms with E-state index in [1.165, 1.54) is 29.4 Å². The number of halogens is 3. The number of carboxylic acids is 1. The zero-order valence-electron chi connectivity index (χ0n) is 19.3. The summed E-state index contributed by atoms with van der Waals surface area (Å²) >= 11 is 0. The molecular weight excluding hydrogens is 472 g/mol. The van der Waals surface area contributed by atoms with Crippen molar-refractivity contribution in [3.63, 3.8) is 0 Å². The molecule has 1 heterocycles. The van der Waals surface area contributed by atoms with Crippen LogP contribution in [0, 0.1) is 0 Å². The molecule has 0 unspecified atom stereocenters. The van der Waals surface area contributed by atoms with Gasteiger partial charge in [0.2, 0.25) is 0 Å². The molecule has 2 aromatic carbocycles. The van der Waals surface area contributed by atoms with Gasteiger partial charge in [-0.1, -0.05) is 36.4 Å². The van der Waals surface area contributed by atoms with Gasteiger partial charge in [0, 0.05) is 43.4 Å². The zero-order chi connectivity index (χ0) is 24.7. The molecule has 0 aliphatic carbocycles. The molecule has 3 aromatic rings. The SMILES string of the molecule is CCN(Cc1cc(C(F)(F)F)ccc1-c1cncc(CC(=O)[O-])c1)C(=O)OCc1ccccc1.[Na+]. The van der Waals surface area contributed by atoms with Crippen molar-refractivity contribution in [2.24, 2.45) is 0 Å². The van der Waals surface area contributed by atoms with Gasteiger partial charge in [-0.05, 0) is 47.4 Å². The van der Waals surface area contributed by atoms with E-state index in [9.17, 15) is 27.9 Å². The Morgan fingerprint density at radius 2 is 1.74 bits per heavy atom. The number of carboxylic acid groups (broad SMARTS) is 1. The number of amides is 1. The van der Waals surface area contributed by atoms with Gasteiger partial charge in [0.25, 0.3) is 0 Å². The Hall–Kier alpha value is -2.88. The van der Waals surface area contributed by atoms with Crippen LogP contribution in [0.4, 0.5) is 18.0 Å². The van der Waals surface area contributed by atoms with Crippen molar-refractivity contribution in [3.8, 4) is 11.1 Å². The Morgan fingerprint density at radius 3 is 2.37 bits per heavy atom. The molecule has 0 saturated heterocycles.